The molecule has 0 amide bonds. The number of aliphatic hydroxyl groups excluding tert-OH is 1. The molecule has 3 N–H and O–H groups in total. The second-order valence-corrected chi connectivity index (χ2v) is 3.77. The van der Waals surface area contributed by atoms with Crippen LogP contribution in [0.25, 0.3) is 0 Å². The first kappa shape index (κ1) is 12.9. The van der Waals surface area contributed by atoms with Crippen LogP contribution in [0, 0.1) is 5.82 Å². The quantitative estimate of drug-likeness (QED) is 0.808. The minimum atomic E-state index is -0.635. The maximum atomic E-state index is 13.0. The Morgan fingerprint density at radius 2 is 2.19 bits per heavy atom. The summed E-state index contributed by atoms with van der Waals surface area (Å²) < 4.78 is 18.0. The van der Waals surface area contributed by atoms with E-state index in [1.807, 2.05) is 6.92 Å². The lowest BCUT2D eigenvalue weighted by atomic mass is 9.98. The average molecular weight is 227 g/mol. The zero-order valence-corrected chi connectivity index (χ0v) is 9.61. The molecule has 1 rings (SSSR count). The average Bonchev–Trinajstić information content (AvgIpc) is 2.28. The van der Waals surface area contributed by atoms with Crippen molar-refractivity contribution in [2.45, 2.75) is 31.9 Å². The number of rotatable bonds is 5. The third-order valence-electron chi connectivity index (χ3n) is 2.55. The molecular formula is C12H18FNO2. The summed E-state index contributed by atoms with van der Waals surface area (Å²) in [6, 6.07) is 3.59. The molecule has 0 fully saturated rings. The molecule has 90 valence electrons. The molecule has 0 spiro atoms. The standard InChI is InChI=1S/C12H18FNO2/c1-3-4-10(15)12(14)9-6-5-8(13)7-11(9)16-2/h5-7,10,12,15H,3-4,14H2,1-2H3/t10-,12+/m0/s1. The smallest absolute Gasteiger partial charge is 0.126 e. The number of methoxy groups -OCH3 is 1. The molecule has 0 radical (unpaired) electrons. The Morgan fingerprint density at radius 1 is 1.50 bits per heavy atom. The zero-order chi connectivity index (χ0) is 12.1. The first-order chi connectivity index (χ1) is 7.60. The van der Waals surface area contributed by atoms with Crippen molar-refractivity contribution in [2.75, 3.05) is 7.11 Å². The molecule has 16 heavy (non-hydrogen) atoms. The maximum absolute atomic E-state index is 13.0. The second kappa shape index (κ2) is 5.82. The van der Waals surface area contributed by atoms with Crippen molar-refractivity contribution in [3.8, 4) is 5.75 Å². The molecule has 2 atom stereocenters. The summed E-state index contributed by atoms with van der Waals surface area (Å²) in [4.78, 5) is 0. The van der Waals surface area contributed by atoms with E-state index in [1.54, 1.807) is 6.07 Å². The Labute approximate surface area is 95.0 Å². The largest absolute Gasteiger partial charge is 0.496 e. The second-order valence-electron chi connectivity index (χ2n) is 3.77. The number of ether oxygens (including phenoxy) is 1. The van der Waals surface area contributed by atoms with Gasteiger partial charge in [0.2, 0.25) is 0 Å². The van der Waals surface area contributed by atoms with Gasteiger partial charge < -0.3 is 15.6 Å². The highest BCUT2D eigenvalue weighted by Crippen LogP contribution is 2.27. The van der Waals surface area contributed by atoms with Gasteiger partial charge in [-0.25, -0.2) is 4.39 Å². The Kier molecular flexibility index (Phi) is 4.71. The lowest BCUT2D eigenvalue weighted by Gasteiger charge is -2.20. The Morgan fingerprint density at radius 3 is 2.75 bits per heavy atom. The van der Waals surface area contributed by atoms with Gasteiger partial charge in [0, 0.05) is 11.6 Å². The zero-order valence-electron chi connectivity index (χ0n) is 9.61. The molecule has 1 aromatic rings. The van der Waals surface area contributed by atoms with Gasteiger partial charge in [0.15, 0.2) is 0 Å². The first-order valence-electron chi connectivity index (χ1n) is 5.37. The molecule has 0 saturated carbocycles. The monoisotopic (exact) mass is 227 g/mol. The molecule has 0 aromatic heterocycles. The molecule has 0 aliphatic heterocycles. The van der Waals surface area contributed by atoms with Crippen LogP contribution in [-0.4, -0.2) is 18.3 Å². The van der Waals surface area contributed by atoms with Crippen molar-refractivity contribution in [3.05, 3.63) is 29.6 Å². The number of hydrogen-bond donors (Lipinski definition) is 2. The van der Waals surface area contributed by atoms with E-state index < -0.39 is 12.1 Å². The van der Waals surface area contributed by atoms with Gasteiger partial charge in [-0.05, 0) is 12.5 Å². The van der Waals surface area contributed by atoms with E-state index in [4.69, 9.17) is 10.5 Å². The summed E-state index contributed by atoms with van der Waals surface area (Å²) in [7, 11) is 1.46. The van der Waals surface area contributed by atoms with Crippen LogP contribution in [0.1, 0.15) is 31.4 Å². The molecule has 0 unspecified atom stereocenters. The van der Waals surface area contributed by atoms with Gasteiger partial charge in [-0.15, -0.1) is 0 Å². The van der Waals surface area contributed by atoms with Gasteiger partial charge >= 0.3 is 0 Å². The van der Waals surface area contributed by atoms with E-state index in [9.17, 15) is 9.50 Å². The topological polar surface area (TPSA) is 55.5 Å². The third kappa shape index (κ3) is 2.93. The molecule has 0 saturated heterocycles. The normalized spacial score (nSPS) is 14.6. The van der Waals surface area contributed by atoms with Crippen LogP contribution in [0.5, 0.6) is 5.75 Å². The highest BCUT2D eigenvalue weighted by Gasteiger charge is 2.19. The molecular weight excluding hydrogens is 209 g/mol. The van der Waals surface area contributed by atoms with E-state index in [1.165, 1.54) is 19.2 Å². The van der Waals surface area contributed by atoms with Crippen molar-refractivity contribution < 1.29 is 14.2 Å². The molecule has 0 bridgehead atoms. The van der Waals surface area contributed by atoms with Crippen LogP contribution in [0.2, 0.25) is 0 Å². The predicted octanol–water partition coefficient (Wildman–Crippen LogP) is 2.00. The van der Waals surface area contributed by atoms with Crippen molar-refractivity contribution in [1.29, 1.82) is 0 Å². The van der Waals surface area contributed by atoms with Gasteiger partial charge in [-0.2, -0.15) is 0 Å². The molecule has 4 heteroatoms. The number of benzene rings is 1. The Bertz CT molecular complexity index is 344. The number of halogens is 1. The van der Waals surface area contributed by atoms with E-state index in [2.05, 4.69) is 0 Å². The van der Waals surface area contributed by atoms with Crippen LogP contribution in [0.4, 0.5) is 4.39 Å². The highest BCUT2D eigenvalue weighted by molar-refractivity contribution is 5.36. The highest BCUT2D eigenvalue weighted by atomic mass is 19.1. The van der Waals surface area contributed by atoms with Gasteiger partial charge in [-0.3, -0.25) is 0 Å². The SMILES string of the molecule is CCC[C@H](O)[C@H](N)c1ccc(F)cc1OC. The fraction of sp³-hybridized carbons (Fsp3) is 0.500. The van der Waals surface area contributed by atoms with Crippen LogP contribution in [0.15, 0.2) is 18.2 Å². The van der Waals surface area contributed by atoms with Crippen molar-refractivity contribution in [2.24, 2.45) is 5.73 Å². The molecule has 0 aliphatic rings. The van der Waals surface area contributed by atoms with Crippen molar-refractivity contribution >= 4 is 0 Å². The van der Waals surface area contributed by atoms with Gasteiger partial charge in [0.1, 0.15) is 11.6 Å². The fourth-order valence-corrected chi connectivity index (χ4v) is 1.64. The molecule has 0 heterocycles. The number of hydrogen-bond acceptors (Lipinski definition) is 3. The predicted molar refractivity (Wildman–Crippen MR) is 60.8 cm³/mol. The molecule has 0 aliphatic carbocycles. The van der Waals surface area contributed by atoms with Crippen LogP contribution < -0.4 is 10.5 Å². The van der Waals surface area contributed by atoms with E-state index >= 15 is 0 Å². The maximum Gasteiger partial charge on any atom is 0.126 e. The summed E-state index contributed by atoms with van der Waals surface area (Å²) in [5, 5.41) is 9.79. The summed E-state index contributed by atoms with van der Waals surface area (Å²) >= 11 is 0. The molecule has 3 nitrogen and oxygen atoms in total. The van der Waals surface area contributed by atoms with Crippen LogP contribution in [0.3, 0.4) is 0 Å². The Balaban J connectivity index is 2.93. The van der Waals surface area contributed by atoms with Gasteiger partial charge in [-0.1, -0.05) is 19.4 Å². The van der Waals surface area contributed by atoms with E-state index in [0.717, 1.165) is 6.42 Å². The first-order valence-corrected chi connectivity index (χ1v) is 5.37. The summed E-state index contributed by atoms with van der Waals surface area (Å²) in [5.74, 6) is 0.000402. The molecule has 1 aromatic carbocycles. The number of nitrogens with two attached hydrogens (primary N) is 1. The van der Waals surface area contributed by atoms with Gasteiger partial charge in [0.05, 0.1) is 19.3 Å². The lowest BCUT2D eigenvalue weighted by molar-refractivity contribution is 0.133. The van der Waals surface area contributed by atoms with Crippen molar-refractivity contribution in [1.82, 2.24) is 0 Å². The van der Waals surface area contributed by atoms with Crippen molar-refractivity contribution in [3.63, 3.8) is 0 Å². The summed E-state index contributed by atoms with van der Waals surface area (Å²) in [6.07, 6.45) is 0.824. The minimum absolute atomic E-state index is 0.377. The van der Waals surface area contributed by atoms with E-state index in [0.29, 0.717) is 17.7 Å². The number of aliphatic hydroxyl groups is 1. The van der Waals surface area contributed by atoms with Gasteiger partial charge in [0.25, 0.3) is 0 Å². The minimum Gasteiger partial charge on any atom is -0.496 e. The van der Waals surface area contributed by atoms with Crippen LogP contribution >= 0.6 is 0 Å². The lowest BCUT2D eigenvalue weighted by Crippen LogP contribution is -2.26. The summed E-state index contributed by atoms with van der Waals surface area (Å²) in [6.45, 7) is 1.97. The van der Waals surface area contributed by atoms with Crippen LogP contribution in [-0.2, 0) is 0 Å². The Hall–Kier alpha value is -1.13. The fourth-order valence-electron chi connectivity index (χ4n) is 1.64. The summed E-state index contributed by atoms with van der Waals surface area (Å²) in [5.41, 5.74) is 6.53. The third-order valence-corrected chi connectivity index (χ3v) is 2.55. The van der Waals surface area contributed by atoms with E-state index in [-0.39, 0.29) is 5.82 Å².